The molecule has 1 aliphatic heterocycles. The molecular weight excluding hydrogens is 368 g/mol. The smallest absolute Gasteiger partial charge is 0.211 e. The Morgan fingerprint density at radius 1 is 1.41 bits per heavy atom. The molecule has 1 aliphatic rings. The van der Waals surface area contributed by atoms with Crippen LogP contribution in [0.5, 0.6) is 0 Å². The van der Waals surface area contributed by atoms with Crippen molar-refractivity contribution in [2.24, 2.45) is 0 Å². The Labute approximate surface area is 137 Å². The summed E-state index contributed by atoms with van der Waals surface area (Å²) in [6, 6.07) is 7.73. The van der Waals surface area contributed by atoms with Crippen LogP contribution in [0.25, 0.3) is 11.1 Å². The zero-order valence-corrected chi connectivity index (χ0v) is 14.2. The van der Waals surface area contributed by atoms with Gasteiger partial charge in [-0.15, -0.1) is 0 Å². The fourth-order valence-corrected chi connectivity index (χ4v) is 3.64. The molecule has 0 radical (unpaired) electrons. The molecule has 6 nitrogen and oxygen atoms in total. The molecule has 0 amide bonds. The molecular formula is C14H13BrN4O2S. The highest BCUT2D eigenvalue weighted by atomic mass is 79.9. The maximum atomic E-state index is 11.4. The second-order valence-corrected chi connectivity index (χ2v) is 8.14. The van der Waals surface area contributed by atoms with Gasteiger partial charge < -0.3 is 0 Å². The molecule has 0 bridgehead atoms. The van der Waals surface area contributed by atoms with Gasteiger partial charge >= 0.3 is 0 Å². The van der Waals surface area contributed by atoms with Gasteiger partial charge in [0.1, 0.15) is 0 Å². The summed E-state index contributed by atoms with van der Waals surface area (Å²) in [4.78, 5) is 0. The number of halogens is 1. The van der Waals surface area contributed by atoms with Crippen molar-refractivity contribution in [3.05, 3.63) is 40.6 Å². The maximum absolute atomic E-state index is 11.4. The van der Waals surface area contributed by atoms with Crippen molar-refractivity contribution in [3.8, 4) is 17.2 Å². The van der Waals surface area contributed by atoms with Gasteiger partial charge in [-0.25, -0.2) is 8.42 Å². The minimum atomic E-state index is -3.12. The molecule has 0 unspecified atom stereocenters. The molecule has 8 heteroatoms. The fourth-order valence-electron chi connectivity index (χ4n) is 2.39. The monoisotopic (exact) mass is 380 g/mol. The van der Waals surface area contributed by atoms with E-state index in [1.54, 1.807) is 16.9 Å². The molecule has 114 valence electrons. The third-order valence-corrected chi connectivity index (χ3v) is 5.42. The van der Waals surface area contributed by atoms with Gasteiger partial charge in [-0.05, 0) is 12.1 Å². The molecule has 0 saturated carbocycles. The lowest BCUT2D eigenvalue weighted by molar-refractivity contribution is 0.192. The molecule has 0 aliphatic carbocycles. The number of sulfonamides is 1. The van der Waals surface area contributed by atoms with Crippen LogP contribution in [0.15, 0.2) is 35.1 Å². The van der Waals surface area contributed by atoms with Crippen molar-refractivity contribution < 1.29 is 8.42 Å². The van der Waals surface area contributed by atoms with E-state index in [2.05, 4.69) is 27.1 Å². The number of hydrogen-bond acceptors (Lipinski definition) is 4. The number of nitriles is 1. The van der Waals surface area contributed by atoms with Gasteiger partial charge in [0, 0.05) is 34.9 Å². The summed E-state index contributed by atoms with van der Waals surface area (Å²) in [6.45, 7) is 0.872. The largest absolute Gasteiger partial charge is 0.266 e. The Kier molecular flexibility index (Phi) is 3.80. The lowest BCUT2D eigenvalue weighted by Crippen LogP contribution is -2.50. The molecule has 1 aromatic carbocycles. The molecule has 3 rings (SSSR count). The van der Waals surface area contributed by atoms with Gasteiger partial charge in [0.25, 0.3) is 0 Å². The van der Waals surface area contributed by atoms with Crippen LogP contribution < -0.4 is 0 Å². The fraction of sp³-hybridized carbons (Fsp3) is 0.286. The van der Waals surface area contributed by atoms with Crippen LogP contribution in [-0.2, 0) is 10.0 Å². The van der Waals surface area contributed by atoms with Crippen molar-refractivity contribution in [1.29, 1.82) is 5.26 Å². The normalized spacial score (nSPS) is 16.2. The molecule has 1 aromatic heterocycles. The average Bonchev–Trinajstić information content (AvgIpc) is 2.84. The van der Waals surface area contributed by atoms with Crippen LogP contribution in [0.1, 0.15) is 11.6 Å². The molecule has 1 fully saturated rings. The second-order valence-electron chi connectivity index (χ2n) is 5.24. The molecule has 0 atom stereocenters. The standard InChI is InChI=1S/C14H13BrN4O2S/c1-22(20,21)18-8-13(9-18)19-7-11(6-17-19)14-3-2-12(15)4-10(14)5-16/h2-4,6-7,13H,8-9H2,1H3. The predicted octanol–water partition coefficient (Wildman–Crippen LogP) is 2.00. The quantitative estimate of drug-likeness (QED) is 0.815. The SMILES string of the molecule is CS(=O)(=O)N1CC(n2cc(-c3ccc(Br)cc3C#N)cn2)C1. The zero-order valence-electron chi connectivity index (χ0n) is 11.8. The van der Waals surface area contributed by atoms with Crippen molar-refractivity contribution >= 4 is 26.0 Å². The first-order valence-corrected chi connectivity index (χ1v) is 9.22. The zero-order chi connectivity index (χ0) is 15.9. The van der Waals surface area contributed by atoms with Gasteiger partial charge in [0.15, 0.2) is 0 Å². The van der Waals surface area contributed by atoms with Gasteiger partial charge in [0.05, 0.1) is 30.1 Å². The van der Waals surface area contributed by atoms with Crippen LogP contribution in [0.4, 0.5) is 0 Å². The number of benzene rings is 1. The van der Waals surface area contributed by atoms with Crippen LogP contribution >= 0.6 is 15.9 Å². The van der Waals surface area contributed by atoms with Crippen LogP contribution in [-0.4, -0.2) is 41.8 Å². The predicted molar refractivity (Wildman–Crippen MR) is 85.5 cm³/mol. The summed E-state index contributed by atoms with van der Waals surface area (Å²) >= 11 is 3.35. The van der Waals surface area contributed by atoms with E-state index in [0.717, 1.165) is 15.6 Å². The van der Waals surface area contributed by atoms with Crippen molar-refractivity contribution in [2.75, 3.05) is 19.3 Å². The van der Waals surface area contributed by atoms with E-state index < -0.39 is 10.0 Å². The van der Waals surface area contributed by atoms with Gasteiger partial charge in [-0.2, -0.15) is 14.7 Å². The highest BCUT2D eigenvalue weighted by molar-refractivity contribution is 9.10. The minimum absolute atomic E-state index is 0.0458. The summed E-state index contributed by atoms with van der Waals surface area (Å²) in [5, 5.41) is 13.5. The lowest BCUT2D eigenvalue weighted by Gasteiger charge is -2.37. The van der Waals surface area contributed by atoms with Gasteiger partial charge in [-0.1, -0.05) is 22.0 Å². The van der Waals surface area contributed by atoms with Gasteiger partial charge in [0.2, 0.25) is 10.0 Å². The van der Waals surface area contributed by atoms with Crippen molar-refractivity contribution in [1.82, 2.24) is 14.1 Å². The molecule has 22 heavy (non-hydrogen) atoms. The van der Waals surface area contributed by atoms with E-state index >= 15 is 0 Å². The number of nitrogens with zero attached hydrogens (tertiary/aromatic N) is 4. The summed E-state index contributed by atoms with van der Waals surface area (Å²) in [6.07, 6.45) is 4.76. The third kappa shape index (κ3) is 2.79. The summed E-state index contributed by atoms with van der Waals surface area (Å²) in [5.74, 6) is 0. The van der Waals surface area contributed by atoms with Crippen LogP contribution in [0.3, 0.4) is 0 Å². The van der Waals surface area contributed by atoms with E-state index in [-0.39, 0.29) is 6.04 Å². The highest BCUT2D eigenvalue weighted by Crippen LogP contribution is 2.29. The summed E-state index contributed by atoms with van der Waals surface area (Å²) < 4.78 is 26.8. The topological polar surface area (TPSA) is 79.0 Å². The molecule has 0 N–H and O–H groups in total. The summed E-state index contributed by atoms with van der Waals surface area (Å²) in [7, 11) is -3.12. The number of rotatable bonds is 3. The molecule has 0 spiro atoms. The van der Waals surface area contributed by atoms with E-state index in [9.17, 15) is 13.7 Å². The Morgan fingerprint density at radius 2 is 2.14 bits per heavy atom. The van der Waals surface area contributed by atoms with Crippen molar-refractivity contribution in [3.63, 3.8) is 0 Å². The number of hydrogen-bond donors (Lipinski definition) is 0. The Bertz CT molecular complexity index is 863. The Morgan fingerprint density at radius 3 is 2.77 bits per heavy atom. The van der Waals surface area contributed by atoms with Crippen LogP contribution in [0, 0.1) is 11.3 Å². The van der Waals surface area contributed by atoms with Gasteiger partial charge in [-0.3, -0.25) is 4.68 Å². The second kappa shape index (κ2) is 5.50. The maximum Gasteiger partial charge on any atom is 0.211 e. The molecule has 1 saturated heterocycles. The summed E-state index contributed by atoms with van der Waals surface area (Å²) in [5.41, 5.74) is 2.23. The van der Waals surface area contributed by atoms with E-state index in [1.807, 2.05) is 18.3 Å². The average molecular weight is 381 g/mol. The molecule has 2 aromatic rings. The van der Waals surface area contributed by atoms with E-state index in [4.69, 9.17) is 0 Å². The lowest BCUT2D eigenvalue weighted by atomic mass is 10.0. The van der Waals surface area contributed by atoms with Crippen molar-refractivity contribution in [2.45, 2.75) is 6.04 Å². The van der Waals surface area contributed by atoms with E-state index in [1.165, 1.54) is 10.6 Å². The highest BCUT2D eigenvalue weighted by Gasteiger charge is 2.34. The first-order valence-electron chi connectivity index (χ1n) is 6.58. The Balaban J connectivity index is 1.83. The minimum Gasteiger partial charge on any atom is -0.266 e. The molecule has 2 heterocycles. The third-order valence-electron chi connectivity index (χ3n) is 3.69. The van der Waals surface area contributed by atoms with Crippen LogP contribution in [0.2, 0.25) is 0 Å². The Hall–Kier alpha value is -1.69. The first-order chi connectivity index (χ1) is 10.4. The first kappa shape index (κ1) is 15.2. The van der Waals surface area contributed by atoms with E-state index in [0.29, 0.717) is 18.7 Å². The number of aromatic nitrogens is 2.